The second kappa shape index (κ2) is 6.41. The van der Waals surface area contributed by atoms with Gasteiger partial charge in [0.1, 0.15) is 0 Å². The zero-order valence-electron chi connectivity index (χ0n) is 12.7. The minimum Gasteiger partial charge on any atom is -0.301 e. The molecule has 0 saturated carbocycles. The Labute approximate surface area is 141 Å². The van der Waals surface area contributed by atoms with Crippen LogP contribution in [0.1, 0.15) is 29.5 Å². The van der Waals surface area contributed by atoms with Crippen molar-refractivity contribution in [3.05, 3.63) is 63.1 Å². The van der Waals surface area contributed by atoms with Crippen LogP contribution in [0.2, 0.25) is 10.0 Å². The van der Waals surface area contributed by atoms with Gasteiger partial charge in [-0.05, 0) is 54.9 Å². The number of halogens is 2. The molecule has 0 radical (unpaired) electrons. The van der Waals surface area contributed by atoms with Crippen molar-refractivity contribution in [1.29, 1.82) is 0 Å². The number of aliphatic imine (C=N–C) groups is 1. The van der Waals surface area contributed by atoms with Gasteiger partial charge in [0.2, 0.25) is 0 Å². The van der Waals surface area contributed by atoms with Crippen molar-refractivity contribution < 1.29 is 0 Å². The summed E-state index contributed by atoms with van der Waals surface area (Å²) < 4.78 is 0. The zero-order valence-corrected chi connectivity index (χ0v) is 14.2. The van der Waals surface area contributed by atoms with Crippen LogP contribution in [-0.2, 0) is 6.54 Å². The SMILES string of the molecule is CC=Nc1ccc(C2CN(C)Cc3c(Cl)cc(Cl)cc32)cc1. The van der Waals surface area contributed by atoms with Crippen LogP contribution in [-0.4, -0.2) is 24.7 Å². The van der Waals surface area contributed by atoms with Crippen LogP contribution in [0, 0.1) is 0 Å². The molecule has 1 atom stereocenters. The first-order valence-corrected chi connectivity index (χ1v) is 8.09. The van der Waals surface area contributed by atoms with Crippen LogP contribution in [0.3, 0.4) is 0 Å². The van der Waals surface area contributed by atoms with Gasteiger partial charge in [-0.25, -0.2) is 0 Å². The fourth-order valence-electron chi connectivity index (χ4n) is 3.07. The molecule has 3 rings (SSSR count). The third-order valence-electron chi connectivity index (χ3n) is 4.07. The Morgan fingerprint density at radius 1 is 1.18 bits per heavy atom. The van der Waals surface area contributed by atoms with Crippen molar-refractivity contribution in [3.63, 3.8) is 0 Å². The molecule has 0 bridgehead atoms. The van der Waals surface area contributed by atoms with Crippen molar-refractivity contribution >= 4 is 35.1 Å². The third kappa shape index (κ3) is 3.05. The Balaban J connectivity index is 2.05. The van der Waals surface area contributed by atoms with E-state index < -0.39 is 0 Å². The molecule has 0 spiro atoms. The normalized spacial score (nSPS) is 18.6. The van der Waals surface area contributed by atoms with Crippen LogP contribution in [0.15, 0.2) is 41.4 Å². The van der Waals surface area contributed by atoms with E-state index in [4.69, 9.17) is 23.2 Å². The highest BCUT2D eigenvalue weighted by Gasteiger charge is 2.26. The predicted molar refractivity (Wildman–Crippen MR) is 94.9 cm³/mol. The molecule has 0 fully saturated rings. The maximum Gasteiger partial charge on any atom is 0.0625 e. The number of hydrogen-bond donors (Lipinski definition) is 0. The van der Waals surface area contributed by atoms with Gasteiger partial charge in [-0.1, -0.05) is 35.3 Å². The number of hydrogen-bond acceptors (Lipinski definition) is 2. The summed E-state index contributed by atoms with van der Waals surface area (Å²) in [6.45, 7) is 3.74. The van der Waals surface area contributed by atoms with E-state index in [0.29, 0.717) is 5.02 Å². The lowest BCUT2D eigenvalue weighted by atomic mass is 9.85. The highest BCUT2D eigenvalue weighted by Crippen LogP contribution is 2.38. The molecule has 1 heterocycles. The van der Waals surface area contributed by atoms with E-state index in [1.165, 1.54) is 16.7 Å². The van der Waals surface area contributed by atoms with Gasteiger partial charge in [0.15, 0.2) is 0 Å². The molecular weight excluding hydrogens is 315 g/mol. The van der Waals surface area contributed by atoms with Gasteiger partial charge >= 0.3 is 0 Å². The predicted octanol–water partition coefficient (Wildman–Crippen LogP) is 5.29. The first kappa shape index (κ1) is 15.5. The molecule has 1 aliphatic rings. The van der Waals surface area contributed by atoms with Crippen LogP contribution in [0.4, 0.5) is 5.69 Å². The van der Waals surface area contributed by atoms with Crippen molar-refractivity contribution in [2.75, 3.05) is 13.6 Å². The summed E-state index contributed by atoms with van der Waals surface area (Å²) >= 11 is 12.6. The smallest absolute Gasteiger partial charge is 0.0625 e. The summed E-state index contributed by atoms with van der Waals surface area (Å²) in [4.78, 5) is 6.60. The van der Waals surface area contributed by atoms with Crippen LogP contribution in [0.5, 0.6) is 0 Å². The standard InChI is InChI=1S/C18H18Cl2N2/c1-3-21-14-6-4-12(5-7-14)16-10-22(2)11-17-15(16)8-13(19)9-18(17)20/h3-9,16H,10-11H2,1-2H3. The summed E-state index contributed by atoms with van der Waals surface area (Å²) in [7, 11) is 2.12. The molecule has 1 unspecified atom stereocenters. The monoisotopic (exact) mass is 332 g/mol. The van der Waals surface area contributed by atoms with E-state index in [-0.39, 0.29) is 5.92 Å². The van der Waals surface area contributed by atoms with E-state index in [1.807, 2.05) is 13.0 Å². The third-order valence-corrected chi connectivity index (χ3v) is 4.62. The summed E-state index contributed by atoms with van der Waals surface area (Å²) in [5.41, 5.74) is 4.66. The summed E-state index contributed by atoms with van der Waals surface area (Å²) in [5.74, 6) is 0.282. The van der Waals surface area contributed by atoms with Gasteiger partial charge in [-0.15, -0.1) is 0 Å². The minimum absolute atomic E-state index is 0.282. The number of nitrogens with zero attached hydrogens (tertiary/aromatic N) is 2. The highest BCUT2D eigenvalue weighted by molar-refractivity contribution is 6.35. The van der Waals surface area contributed by atoms with Gasteiger partial charge < -0.3 is 4.90 Å². The lowest BCUT2D eigenvalue weighted by Gasteiger charge is -2.33. The first-order valence-electron chi connectivity index (χ1n) is 7.33. The number of likely N-dealkylation sites (N-methyl/N-ethyl adjacent to an activating group) is 1. The lowest BCUT2D eigenvalue weighted by molar-refractivity contribution is 0.295. The first-order chi connectivity index (χ1) is 10.6. The molecule has 2 nitrogen and oxygen atoms in total. The van der Waals surface area contributed by atoms with E-state index in [9.17, 15) is 0 Å². The summed E-state index contributed by atoms with van der Waals surface area (Å²) in [6, 6.07) is 12.3. The average Bonchev–Trinajstić information content (AvgIpc) is 2.49. The lowest BCUT2D eigenvalue weighted by Crippen LogP contribution is -2.31. The Morgan fingerprint density at radius 3 is 2.59 bits per heavy atom. The highest BCUT2D eigenvalue weighted by atomic mass is 35.5. The minimum atomic E-state index is 0.282. The zero-order chi connectivity index (χ0) is 15.7. The van der Waals surface area contributed by atoms with Crippen LogP contribution in [0.25, 0.3) is 0 Å². The summed E-state index contributed by atoms with van der Waals surface area (Å²) in [5, 5.41) is 1.46. The topological polar surface area (TPSA) is 15.6 Å². The van der Waals surface area contributed by atoms with Crippen molar-refractivity contribution in [1.82, 2.24) is 4.90 Å². The number of rotatable bonds is 2. The molecule has 1 aliphatic heterocycles. The second-order valence-electron chi connectivity index (χ2n) is 5.68. The quantitative estimate of drug-likeness (QED) is 0.682. The van der Waals surface area contributed by atoms with Crippen molar-refractivity contribution in [2.24, 2.45) is 4.99 Å². The molecule has 0 aromatic heterocycles. The van der Waals surface area contributed by atoms with Gasteiger partial charge in [0.25, 0.3) is 0 Å². The fourth-order valence-corrected chi connectivity index (χ4v) is 3.64. The summed E-state index contributed by atoms with van der Waals surface area (Å²) in [6.07, 6.45) is 1.80. The van der Waals surface area contributed by atoms with Gasteiger partial charge in [-0.2, -0.15) is 0 Å². The van der Waals surface area contributed by atoms with Gasteiger partial charge in [0, 0.05) is 35.3 Å². The number of benzene rings is 2. The maximum absolute atomic E-state index is 6.40. The molecule has 0 saturated heterocycles. The molecule has 0 N–H and O–H groups in total. The molecule has 22 heavy (non-hydrogen) atoms. The van der Waals surface area contributed by atoms with Crippen LogP contribution < -0.4 is 0 Å². The maximum atomic E-state index is 6.40. The number of fused-ring (bicyclic) bond motifs is 1. The Morgan fingerprint density at radius 2 is 1.91 bits per heavy atom. The largest absolute Gasteiger partial charge is 0.301 e. The Bertz CT molecular complexity index is 708. The van der Waals surface area contributed by atoms with E-state index in [2.05, 4.69) is 47.3 Å². The Hall–Kier alpha value is -1.35. The van der Waals surface area contributed by atoms with E-state index in [0.717, 1.165) is 23.8 Å². The van der Waals surface area contributed by atoms with E-state index >= 15 is 0 Å². The second-order valence-corrected chi connectivity index (χ2v) is 6.53. The molecule has 114 valence electrons. The molecule has 0 amide bonds. The van der Waals surface area contributed by atoms with Gasteiger partial charge in [0.05, 0.1) is 5.69 Å². The molecule has 2 aromatic carbocycles. The average molecular weight is 333 g/mol. The molecular formula is C18H18Cl2N2. The fraction of sp³-hybridized carbons (Fsp3) is 0.278. The van der Waals surface area contributed by atoms with Crippen molar-refractivity contribution in [3.8, 4) is 0 Å². The van der Waals surface area contributed by atoms with Crippen LogP contribution >= 0.6 is 23.2 Å². The van der Waals surface area contributed by atoms with Gasteiger partial charge in [-0.3, -0.25) is 4.99 Å². The molecule has 0 aliphatic carbocycles. The Kier molecular flexibility index (Phi) is 4.53. The van der Waals surface area contributed by atoms with E-state index in [1.54, 1.807) is 6.21 Å². The van der Waals surface area contributed by atoms with Crippen molar-refractivity contribution in [2.45, 2.75) is 19.4 Å². The molecule has 4 heteroatoms. The molecule has 2 aromatic rings.